The molecule has 1 atom stereocenters. The number of aliphatic hydroxyl groups is 1. The van der Waals surface area contributed by atoms with E-state index in [0.717, 1.165) is 25.8 Å². The molecule has 1 rings (SSSR count). The summed E-state index contributed by atoms with van der Waals surface area (Å²) in [6, 6.07) is 0.384. The zero-order valence-electron chi connectivity index (χ0n) is 11.3. The molecule has 17 heavy (non-hydrogen) atoms. The van der Waals surface area contributed by atoms with E-state index in [-0.39, 0.29) is 18.6 Å². The predicted molar refractivity (Wildman–Crippen MR) is 68.7 cm³/mol. The highest BCUT2D eigenvalue weighted by Crippen LogP contribution is 2.28. The summed E-state index contributed by atoms with van der Waals surface area (Å²) in [5.41, 5.74) is 0. The molecule has 1 fully saturated rings. The molecule has 0 aromatic rings. The molecule has 1 unspecified atom stereocenters. The SMILES string of the molecule is CC(C)CCNC(=O)C(C)N(CCO)C1CC1. The Balaban J connectivity index is 2.32. The molecule has 1 aliphatic rings. The number of hydrogen-bond acceptors (Lipinski definition) is 3. The Labute approximate surface area is 104 Å². The van der Waals surface area contributed by atoms with Gasteiger partial charge in [-0.1, -0.05) is 13.8 Å². The van der Waals surface area contributed by atoms with E-state index in [1.54, 1.807) is 0 Å². The Morgan fingerprint density at radius 3 is 2.53 bits per heavy atom. The van der Waals surface area contributed by atoms with Crippen LogP contribution in [0.2, 0.25) is 0 Å². The fraction of sp³-hybridized carbons (Fsp3) is 0.923. The van der Waals surface area contributed by atoms with Gasteiger partial charge in [0.2, 0.25) is 5.91 Å². The number of hydrogen-bond donors (Lipinski definition) is 2. The summed E-state index contributed by atoms with van der Waals surface area (Å²) >= 11 is 0. The predicted octanol–water partition coefficient (Wildman–Crippen LogP) is 0.994. The van der Waals surface area contributed by atoms with Gasteiger partial charge in [-0.2, -0.15) is 0 Å². The molecule has 1 aliphatic carbocycles. The van der Waals surface area contributed by atoms with Gasteiger partial charge in [0, 0.05) is 19.1 Å². The first kappa shape index (κ1) is 14.5. The van der Waals surface area contributed by atoms with Crippen LogP contribution >= 0.6 is 0 Å². The maximum absolute atomic E-state index is 11.9. The van der Waals surface area contributed by atoms with Crippen LogP contribution in [-0.4, -0.2) is 47.7 Å². The average molecular weight is 242 g/mol. The molecule has 0 bridgehead atoms. The smallest absolute Gasteiger partial charge is 0.237 e. The second-order valence-corrected chi connectivity index (χ2v) is 5.34. The fourth-order valence-electron chi connectivity index (χ4n) is 2.00. The van der Waals surface area contributed by atoms with Gasteiger partial charge in [0.1, 0.15) is 0 Å². The van der Waals surface area contributed by atoms with Gasteiger partial charge >= 0.3 is 0 Å². The van der Waals surface area contributed by atoms with E-state index in [1.807, 2.05) is 6.92 Å². The number of aliphatic hydroxyl groups excluding tert-OH is 1. The first-order chi connectivity index (χ1) is 8.06. The quantitative estimate of drug-likeness (QED) is 0.667. The minimum atomic E-state index is -0.123. The monoisotopic (exact) mass is 242 g/mol. The van der Waals surface area contributed by atoms with Crippen LogP contribution in [0.3, 0.4) is 0 Å². The zero-order chi connectivity index (χ0) is 12.8. The van der Waals surface area contributed by atoms with Crippen molar-refractivity contribution in [2.75, 3.05) is 19.7 Å². The number of carbonyl (C=O) groups excluding carboxylic acids is 1. The van der Waals surface area contributed by atoms with E-state index in [4.69, 9.17) is 5.11 Å². The van der Waals surface area contributed by atoms with Crippen molar-refractivity contribution in [2.24, 2.45) is 5.92 Å². The van der Waals surface area contributed by atoms with E-state index in [1.165, 1.54) is 0 Å². The van der Waals surface area contributed by atoms with Gasteiger partial charge < -0.3 is 10.4 Å². The number of nitrogens with one attached hydrogen (secondary N) is 1. The van der Waals surface area contributed by atoms with Crippen LogP contribution in [0.25, 0.3) is 0 Å². The van der Waals surface area contributed by atoms with Gasteiger partial charge in [0.05, 0.1) is 12.6 Å². The summed E-state index contributed by atoms with van der Waals surface area (Å²) in [6.45, 7) is 7.70. The molecule has 0 radical (unpaired) electrons. The molecule has 1 saturated carbocycles. The minimum Gasteiger partial charge on any atom is -0.395 e. The van der Waals surface area contributed by atoms with Crippen molar-refractivity contribution < 1.29 is 9.90 Å². The van der Waals surface area contributed by atoms with Crippen LogP contribution < -0.4 is 5.32 Å². The lowest BCUT2D eigenvalue weighted by atomic mass is 10.1. The van der Waals surface area contributed by atoms with E-state index in [2.05, 4.69) is 24.1 Å². The van der Waals surface area contributed by atoms with Crippen LogP contribution in [0.15, 0.2) is 0 Å². The minimum absolute atomic E-state index is 0.0889. The molecule has 2 N–H and O–H groups in total. The molecule has 0 spiro atoms. The highest BCUT2D eigenvalue weighted by Gasteiger charge is 2.34. The van der Waals surface area contributed by atoms with Gasteiger partial charge in [-0.05, 0) is 32.1 Å². The normalized spacial score (nSPS) is 17.5. The summed E-state index contributed by atoms with van der Waals surface area (Å²) in [7, 11) is 0. The van der Waals surface area contributed by atoms with Gasteiger partial charge in [-0.25, -0.2) is 0 Å². The van der Waals surface area contributed by atoms with Crippen LogP contribution in [0.5, 0.6) is 0 Å². The third-order valence-electron chi connectivity index (χ3n) is 3.27. The number of rotatable bonds is 8. The van der Waals surface area contributed by atoms with Gasteiger partial charge in [-0.3, -0.25) is 9.69 Å². The molecular formula is C13H26N2O2. The van der Waals surface area contributed by atoms with E-state index in [9.17, 15) is 4.79 Å². The lowest BCUT2D eigenvalue weighted by molar-refractivity contribution is -0.126. The highest BCUT2D eigenvalue weighted by molar-refractivity contribution is 5.81. The summed E-state index contributed by atoms with van der Waals surface area (Å²) in [5.74, 6) is 0.702. The van der Waals surface area contributed by atoms with Crippen LogP contribution in [0.1, 0.15) is 40.0 Å². The van der Waals surface area contributed by atoms with Crippen molar-refractivity contribution in [2.45, 2.75) is 52.1 Å². The van der Waals surface area contributed by atoms with Crippen LogP contribution in [0.4, 0.5) is 0 Å². The van der Waals surface area contributed by atoms with Crippen molar-refractivity contribution in [3.63, 3.8) is 0 Å². The molecular weight excluding hydrogens is 216 g/mol. The maximum Gasteiger partial charge on any atom is 0.237 e. The third kappa shape index (κ3) is 5.04. The number of nitrogens with zero attached hydrogens (tertiary/aromatic N) is 1. The summed E-state index contributed by atoms with van der Waals surface area (Å²) in [5, 5.41) is 12.0. The maximum atomic E-state index is 11.9. The first-order valence-electron chi connectivity index (χ1n) is 6.70. The molecule has 100 valence electrons. The Kier molecular flexibility index (Phi) is 5.92. The second kappa shape index (κ2) is 6.97. The largest absolute Gasteiger partial charge is 0.395 e. The standard InChI is InChI=1S/C13H26N2O2/c1-10(2)6-7-14-13(17)11(3)15(8-9-16)12-4-5-12/h10-12,16H,4-9H2,1-3H3,(H,14,17). The zero-order valence-corrected chi connectivity index (χ0v) is 11.3. The molecule has 4 nitrogen and oxygen atoms in total. The lowest BCUT2D eigenvalue weighted by Gasteiger charge is -2.27. The lowest BCUT2D eigenvalue weighted by Crippen LogP contribution is -2.47. The first-order valence-corrected chi connectivity index (χ1v) is 6.70. The summed E-state index contributed by atoms with van der Waals surface area (Å²) < 4.78 is 0. The van der Waals surface area contributed by atoms with Crippen molar-refractivity contribution in [1.29, 1.82) is 0 Å². The molecule has 0 heterocycles. The van der Waals surface area contributed by atoms with E-state index >= 15 is 0 Å². The molecule has 1 amide bonds. The number of carbonyl (C=O) groups is 1. The van der Waals surface area contributed by atoms with Crippen LogP contribution in [0, 0.1) is 5.92 Å². The van der Waals surface area contributed by atoms with Crippen molar-refractivity contribution in [3.05, 3.63) is 0 Å². The summed E-state index contributed by atoms with van der Waals surface area (Å²) in [6.07, 6.45) is 3.33. The highest BCUT2D eigenvalue weighted by atomic mass is 16.3. The van der Waals surface area contributed by atoms with E-state index < -0.39 is 0 Å². The Bertz CT molecular complexity index is 240. The van der Waals surface area contributed by atoms with Crippen molar-refractivity contribution in [1.82, 2.24) is 10.2 Å². The van der Waals surface area contributed by atoms with Crippen molar-refractivity contribution >= 4 is 5.91 Å². The molecule has 4 heteroatoms. The molecule has 0 saturated heterocycles. The Morgan fingerprint density at radius 1 is 1.41 bits per heavy atom. The molecule has 0 aromatic carbocycles. The van der Waals surface area contributed by atoms with Gasteiger partial charge in [0.25, 0.3) is 0 Å². The Hall–Kier alpha value is -0.610. The third-order valence-corrected chi connectivity index (χ3v) is 3.27. The van der Waals surface area contributed by atoms with Gasteiger partial charge in [-0.15, -0.1) is 0 Å². The fourth-order valence-corrected chi connectivity index (χ4v) is 2.00. The van der Waals surface area contributed by atoms with Crippen molar-refractivity contribution in [3.8, 4) is 0 Å². The van der Waals surface area contributed by atoms with Gasteiger partial charge in [0.15, 0.2) is 0 Å². The number of amides is 1. The second-order valence-electron chi connectivity index (χ2n) is 5.34. The van der Waals surface area contributed by atoms with Crippen LogP contribution in [-0.2, 0) is 4.79 Å². The average Bonchev–Trinajstić information content (AvgIpc) is 3.08. The molecule has 0 aliphatic heterocycles. The molecule has 0 aromatic heterocycles. The Morgan fingerprint density at radius 2 is 2.06 bits per heavy atom. The topological polar surface area (TPSA) is 52.6 Å². The van der Waals surface area contributed by atoms with E-state index in [0.29, 0.717) is 18.5 Å². The summed E-state index contributed by atoms with van der Waals surface area (Å²) in [4.78, 5) is 14.1.